The Morgan fingerprint density at radius 1 is 1.41 bits per heavy atom. The van der Waals surface area contributed by atoms with Crippen molar-refractivity contribution < 1.29 is 31.1 Å². The maximum atomic E-state index is 12.4. The lowest BCUT2D eigenvalue weighted by Crippen LogP contribution is -2.39. The number of hydrogen-bond acceptors (Lipinski definition) is 5. The van der Waals surface area contributed by atoms with Gasteiger partial charge in [0.15, 0.2) is 0 Å². The van der Waals surface area contributed by atoms with Crippen LogP contribution in [-0.4, -0.2) is 56.4 Å². The number of alkyl halides is 3. The number of pyridine rings is 1. The van der Waals surface area contributed by atoms with Gasteiger partial charge in [0, 0.05) is 18.8 Å². The van der Waals surface area contributed by atoms with Crippen LogP contribution in [0.25, 0.3) is 0 Å². The monoisotopic (exact) mass is 340 g/mol. The molecule has 0 aliphatic carbocycles. The molecule has 1 aromatic rings. The third-order valence-electron chi connectivity index (χ3n) is 3.02. The van der Waals surface area contributed by atoms with Crippen LogP contribution in [-0.2, 0) is 20.9 Å². The zero-order valence-corrected chi connectivity index (χ0v) is 12.5. The molecule has 1 fully saturated rings. The fourth-order valence-electron chi connectivity index (χ4n) is 1.91. The molecule has 0 radical (unpaired) electrons. The third kappa shape index (κ3) is 4.55. The summed E-state index contributed by atoms with van der Waals surface area (Å²) in [4.78, 5) is 3.59. The van der Waals surface area contributed by atoms with Gasteiger partial charge in [-0.15, -0.1) is 0 Å². The Labute approximate surface area is 125 Å². The second-order valence-electron chi connectivity index (χ2n) is 4.82. The van der Waals surface area contributed by atoms with E-state index in [1.807, 2.05) is 0 Å². The predicted molar refractivity (Wildman–Crippen MR) is 70.9 cm³/mol. The first-order valence-corrected chi connectivity index (χ1v) is 8.24. The summed E-state index contributed by atoms with van der Waals surface area (Å²) in [5.41, 5.74) is -0.880. The molecule has 1 unspecified atom stereocenters. The van der Waals surface area contributed by atoms with Crippen molar-refractivity contribution in [3.8, 4) is 5.88 Å². The van der Waals surface area contributed by atoms with Crippen LogP contribution >= 0.6 is 0 Å². The smallest absolute Gasteiger partial charge is 0.417 e. The molecular weight excluding hydrogens is 325 g/mol. The van der Waals surface area contributed by atoms with Crippen LogP contribution in [0.3, 0.4) is 0 Å². The summed E-state index contributed by atoms with van der Waals surface area (Å²) in [5, 5.41) is 0. The minimum Gasteiger partial charge on any atom is -0.470 e. The van der Waals surface area contributed by atoms with Gasteiger partial charge in [-0.2, -0.15) is 17.5 Å². The van der Waals surface area contributed by atoms with Crippen molar-refractivity contribution in [3.63, 3.8) is 0 Å². The van der Waals surface area contributed by atoms with Crippen LogP contribution in [0.15, 0.2) is 18.3 Å². The fraction of sp³-hybridized carbons (Fsp3) is 0.583. The molecule has 0 saturated carbocycles. The van der Waals surface area contributed by atoms with Gasteiger partial charge < -0.3 is 9.47 Å². The normalized spacial score (nSPS) is 21.4. The van der Waals surface area contributed by atoms with Crippen LogP contribution in [0, 0.1) is 0 Å². The Morgan fingerprint density at radius 2 is 2.14 bits per heavy atom. The highest BCUT2D eigenvalue weighted by Gasteiger charge is 2.31. The molecule has 0 aromatic carbocycles. The molecule has 0 spiro atoms. The molecule has 0 N–H and O–H groups in total. The van der Waals surface area contributed by atoms with E-state index in [1.54, 1.807) is 0 Å². The molecule has 2 rings (SSSR count). The van der Waals surface area contributed by atoms with Crippen LogP contribution in [0.1, 0.15) is 5.56 Å². The van der Waals surface area contributed by atoms with E-state index in [9.17, 15) is 21.6 Å². The molecule has 1 atom stereocenters. The van der Waals surface area contributed by atoms with E-state index in [4.69, 9.17) is 9.47 Å². The largest absolute Gasteiger partial charge is 0.470 e. The van der Waals surface area contributed by atoms with Gasteiger partial charge in [0.25, 0.3) is 0 Å². The van der Waals surface area contributed by atoms with E-state index < -0.39 is 27.9 Å². The summed E-state index contributed by atoms with van der Waals surface area (Å²) < 4.78 is 72.3. The molecule has 0 bridgehead atoms. The third-order valence-corrected chi connectivity index (χ3v) is 4.29. The Hall–Kier alpha value is -1.39. The average molecular weight is 340 g/mol. The zero-order valence-electron chi connectivity index (χ0n) is 11.7. The van der Waals surface area contributed by atoms with Crippen LogP contribution in [0.4, 0.5) is 13.2 Å². The Bertz CT molecular complexity index is 604. The average Bonchev–Trinajstić information content (AvgIpc) is 2.63. The zero-order chi connectivity index (χ0) is 16.4. The minimum absolute atomic E-state index is 0.0167. The molecule has 0 amide bonds. The Balaban J connectivity index is 2.06. The number of nitrogens with zero attached hydrogens (tertiary/aromatic N) is 2. The lowest BCUT2D eigenvalue weighted by molar-refractivity contribution is -0.137. The van der Waals surface area contributed by atoms with Gasteiger partial charge in [-0.1, -0.05) is 0 Å². The van der Waals surface area contributed by atoms with E-state index >= 15 is 0 Å². The highest BCUT2D eigenvalue weighted by atomic mass is 32.2. The second kappa shape index (κ2) is 6.39. The van der Waals surface area contributed by atoms with E-state index in [2.05, 4.69) is 4.98 Å². The number of rotatable bonds is 3. The lowest BCUT2D eigenvalue weighted by Gasteiger charge is -2.21. The summed E-state index contributed by atoms with van der Waals surface area (Å²) in [6.45, 7) is 0.628. The Morgan fingerprint density at radius 3 is 2.68 bits per heavy atom. The van der Waals surface area contributed by atoms with Gasteiger partial charge in [-0.05, 0) is 6.07 Å². The van der Waals surface area contributed by atoms with Gasteiger partial charge in [0.05, 0.1) is 31.6 Å². The molecule has 1 aromatic heterocycles. The number of aromatic nitrogens is 1. The van der Waals surface area contributed by atoms with E-state index in [-0.39, 0.29) is 32.2 Å². The molecule has 1 aliphatic rings. The van der Waals surface area contributed by atoms with Crippen LogP contribution in [0.5, 0.6) is 5.88 Å². The van der Waals surface area contributed by atoms with Gasteiger partial charge in [-0.3, -0.25) is 0 Å². The summed E-state index contributed by atoms with van der Waals surface area (Å²) in [7, 11) is -3.40. The number of sulfonamides is 1. The first kappa shape index (κ1) is 17.0. The van der Waals surface area contributed by atoms with Gasteiger partial charge in [0.1, 0.15) is 6.10 Å². The maximum absolute atomic E-state index is 12.4. The van der Waals surface area contributed by atoms with Crippen molar-refractivity contribution in [3.05, 3.63) is 23.9 Å². The van der Waals surface area contributed by atoms with Crippen molar-refractivity contribution in [2.24, 2.45) is 0 Å². The Kier molecular flexibility index (Phi) is 4.93. The van der Waals surface area contributed by atoms with Gasteiger partial charge in [-0.25, -0.2) is 13.4 Å². The van der Waals surface area contributed by atoms with Gasteiger partial charge in [0.2, 0.25) is 15.9 Å². The first-order valence-electron chi connectivity index (χ1n) is 6.39. The summed E-state index contributed by atoms with van der Waals surface area (Å²) in [6, 6.07) is 1.95. The predicted octanol–water partition coefficient (Wildman–Crippen LogP) is 1.14. The van der Waals surface area contributed by atoms with Crippen molar-refractivity contribution in [1.82, 2.24) is 9.29 Å². The topological polar surface area (TPSA) is 68.7 Å². The molecular formula is C12H15F3N2O4S. The van der Waals surface area contributed by atoms with Gasteiger partial charge >= 0.3 is 6.18 Å². The van der Waals surface area contributed by atoms with Crippen molar-refractivity contribution >= 4 is 10.0 Å². The molecule has 1 aliphatic heterocycles. The number of halogens is 3. The summed E-state index contributed by atoms with van der Waals surface area (Å²) >= 11 is 0. The molecule has 22 heavy (non-hydrogen) atoms. The lowest BCUT2D eigenvalue weighted by atomic mass is 10.3. The quantitative estimate of drug-likeness (QED) is 0.825. The highest BCUT2D eigenvalue weighted by Crippen LogP contribution is 2.29. The van der Waals surface area contributed by atoms with E-state index in [0.717, 1.165) is 18.4 Å². The standard InChI is InChI=1S/C12H15F3N2O4S/c1-22(18,19)17-4-5-20-8-10(7-17)21-11-3-2-9(6-16-11)12(13,14)15/h2-3,6,10H,4-5,7-8H2,1H3. The van der Waals surface area contributed by atoms with Crippen LogP contribution in [0.2, 0.25) is 0 Å². The number of ether oxygens (including phenoxy) is 2. The second-order valence-corrected chi connectivity index (χ2v) is 6.80. The van der Waals surface area contributed by atoms with Crippen molar-refractivity contribution in [2.45, 2.75) is 12.3 Å². The van der Waals surface area contributed by atoms with E-state index in [1.165, 1.54) is 4.31 Å². The highest BCUT2D eigenvalue weighted by molar-refractivity contribution is 7.88. The molecule has 6 nitrogen and oxygen atoms in total. The summed E-state index contributed by atoms with van der Waals surface area (Å²) in [6.07, 6.45) is -3.36. The van der Waals surface area contributed by atoms with Crippen LogP contribution < -0.4 is 4.74 Å². The molecule has 10 heteroatoms. The summed E-state index contributed by atoms with van der Waals surface area (Å²) in [5.74, 6) is -0.0167. The van der Waals surface area contributed by atoms with E-state index in [0.29, 0.717) is 6.20 Å². The fourth-order valence-corrected chi connectivity index (χ4v) is 2.76. The maximum Gasteiger partial charge on any atom is 0.417 e. The number of hydrogen-bond donors (Lipinski definition) is 0. The SMILES string of the molecule is CS(=O)(=O)N1CCOCC(Oc2ccc(C(F)(F)F)cn2)C1. The minimum atomic E-state index is -4.47. The van der Waals surface area contributed by atoms with Crippen molar-refractivity contribution in [2.75, 3.05) is 32.6 Å². The first-order chi connectivity index (χ1) is 10.2. The molecule has 1 saturated heterocycles. The van der Waals surface area contributed by atoms with Crippen molar-refractivity contribution in [1.29, 1.82) is 0 Å². The molecule has 2 heterocycles. The molecule has 124 valence electrons.